The number of hydrogen-bond donors (Lipinski definition) is 1. The first-order chi connectivity index (χ1) is 11.7. The Hall–Kier alpha value is -2.83. The summed E-state index contributed by atoms with van der Waals surface area (Å²) in [5.41, 5.74) is 1.55. The van der Waals surface area contributed by atoms with Crippen molar-refractivity contribution < 1.29 is 9.53 Å². The summed E-state index contributed by atoms with van der Waals surface area (Å²) in [6.45, 7) is 1.46. The van der Waals surface area contributed by atoms with E-state index in [4.69, 9.17) is 4.74 Å². The molecule has 1 atom stereocenters. The van der Waals surface area contributed by atoms with Crippen molar-refractivity contribution in [3.63, 3.8) is 0 Å². The Morgan fingerprint density at radius 3 is 3.12 bits per heavy atom. The van der Waals surface area contributed by atoms with E-state index in [-0.39, 0.29) is 11.9 Å². The number of aromatic amines is 1. The second kappa shape index (κ2) is 5.99. The van der Waals surface area contributed by atoms with Gasteiger partial charge in [0.25, 0.3) is 5.91 Å². The highest BCUT2D eigenvalue weighted by atomic mass is 16.5. The highest BCUT2D eigenvalue weighted by Gasteiger charge is 2.30. The first-order valence-corrected chi connectivity index (χ1v) is 8.06. The predicted molar refractivity (Wildman–Crippen MR) is 88.9 cm³/mol. The first-order valence-electron chi connectivity index (χ1n) is 8.06. The molecule has 1 aliphatic rings. The van der Waals surface area contributed by atoms with Gasteiger partial charge in [-0.05, 0) is 37.1 Å². The number of benzene rings is 1. The van der Waals surface area contributed by atoms with Crippen molar-refractivity contribution in [1.29, 1.82) is 0 Å². The minimum atomic E-state index is 0.0350. The summed E-state index contributed by atoms with van der Waals surface area (Å²) in [7, 11) is 1.64. The molecule has 3 aromatic rings. The Balaban J connectivity index is 1.57. The Bertz CT molecular complexity index is 855. The molecular weight excluding hydrogens is 306 g/mol. The van der Waals surface area contributed by atoms with E-state index in [0.29, 0.717) is 12.2 Å². The van der Waals surface area contributed by atoms with Crippen LogP contribution in [-0.4, -0.2) is 50.5 Å². The van der Waals surface area contributed by atoms with Gasteiger partial charge in [-0.15, -0.1) is 5.10 Å². The Morgan fingerprint density at radius 1 is 1.42 bits per heavy atom. The van der Waals surface area contributed by atoms with E-state index in [1.165, 1.54) is 0 Å². The summed E-state index contributed by atoms with van der Waals surface area (Å²) >= 11 is 0. The van der Waals surface area contributed by atoms with Crippen LogP contribution in [-0.2, 0) is 6.54 Å². The number of amides is 1. The number of carbonyl (C=O) groups excluding carboxylic acids is 1. The van der Waals surface area contributed by atoms with Gasteiger partial charge in [-0.25, -0.2) is 0 Å². The molecule has 1 N–H and O–H groups in total. The molecule has 0 unspecified atom stereocenters. The van der Waals surface area contributed by atoms with E-state index in [1.54, 1.807) is 18.0 Å². The zero-order valence-corrected chi connectivity index (χ0v) is 13.5. The topological polar surface area (TPSA) is 76.0 Å². The molecule has 0 spiro atoms. The van der Waals surface area contributed by atoms with Crippen LogP contribution >= 0.6 is 0 Å². The summed E-state index contributed by atoms with van der Waals surface area (Å²) in [6.07, 6.45) is 5.49. The predicted octanol–water partition coefficient (Wildman–Crippen LogP) is 2.07. The van der Waals surface area contributed by atoms with Crippen molar-refractivity contribution in [2.45, 2.75) is 25.4 Å². The molecule has 24 heavy (non-hydrogen) atoms. The summed E-state index contributed by atoms with van der Waals surface area (Å²) in [5.74, 6) is 0.818. The monoisotopic (exact) mass is 325 g/mol. The number of aromatic nitrogens is 4. The number of rotatable bonds is 4. The molecule has 0 aliphatic carbocycles. The van der Waals surface area contributed by atoms with Crippen LogP contribution in [0.4, 0.5) is 0 Å². The van der Waals surface area contributed by atoms with Crippen LogP contribution in [0.5, 0.6) is 5.75 Å². The fourth-order valence-corrected chi connectivity index (χ4v) is 3.35. The van der Waals surface area contributed by atoms with E-state index in [2.05, 4.69) is 15.3 Å². The molecule has 1 fully saturated rings. The van der Waals surface area contributed by atoms with Gasteiger partial charge in [-0.3, -0.25) is 9.48 Å². The smallest absolute Gasteiger partial charge is 0.270 e. The summed E-state index contributed by atoms with van der Waals surface area (Å²) in [4.78, 5) is 18.1. The summed E-state index contributed by atoms with van der Waals surface area (Å²) in [6, 6.07) is 7.79. The fraction of sp³-hybridized carbons (Fsp3) is 0.353. The highest BCUT2D eigenvalue weighted by molar-refractivity contribution is 5.98. The first kappa shape index (κ1) is 14.7. The van der Waals surface area contributed by atoms with Gasteiger partial charge in [0, 0.05) is 23.6 Å². The second-order valence-electron chi connectivity index (χ2n) is 6.06. The maximum atomic E-state index is 12.9. The van der Waals surface area contributed by atoms with Gasteiger partial charge in [0.1, 0.15) is 11.4 Å². The molecule has 0 radical (unpaired) electrons. The molecule has 2 aromatic heterocycles. The summed E-state index contributed by atoms with van der Waals surface area (Å²) in [5, 5.41) is 8.81. The van der Waals surface area contributed by atoms with Gasteiger partial charge in [0.2, 0.25) is 0 Å². The minimum Gasteiger partial charge on any atom is -0.497 e. The molecule has 124 valence electrons. The van der Waals surface area contributed by atoms with E-state index in [9.17, 15) is 4.79 Å². The average Bonchev–Trinajstić information content (AvgIpc) is 3.34. The van der Waals surface area contributed by atoms with Gasteiger partial charge < -0.3 is 14.6 Å². The number of hydrogen-bond acceptors (Lipinski definition) is 4. The maximum absolute atomic E-state index is 12.9. The lowest BCUT2D eigenvalue weighted by atomic mass is 10.2. The van der Waals surface area contributed by atoms with E-state index in [1.807, 2.05) is 35.4 Å². The Morgan fingerprint density at radius 2 is 2.33 bits per heavy atom. The molecule has 1 aromatic carbocycles. The molecule has 3 heterocycles. The van der Waals surface area contributed by atoms with E-state index < -0.39 is 0 Å². The van der Waals surface area contributed by atoms with Gasteiger partial charge in [0.15, 0.2) is 0 Å². The van der Waals surface area contributed by atoms with Crippen LogP contribution in [0.2, 0.25) is 0 Å². The number of ether oxygens (including phenoxy) is 1. The van der Waals surface area contributed by atoms with Crippen molar-refractivity contribution in [3.8, 4) is 5.75 Å². The molecular formula is C17H19N5O2. The van der Waals surface area contributed by atoms with Crippen molar-refractivity contribution in [2.24, 2.45) is 0 Å². The summed E-state index contributed by atoms with van der Waals surface area (Å²) < 4.78 is 7.03. The lowest BCUT2D eigenvalue weighted by Gasteiger charge is -2.24. The van der Waals surface area contributed by atoms with Crippen molar-refractivity contribution in [1.82, 2.24) is 24.9 Å². The normalized spacial score (nSPS) is 17.5. The molecule has 7 nitrogen and oxygen atoms in total. The van der Waals surface area contributed by atoms with Crippen LogP contribution in [0.25, 0.3) is 10.9 Å². The van der Waals surface area contributed by atoms with Crippen LogP contribution < -0.4 is 4.74 Å². The molecule has 0 bridgehead atoms. The lowest BCUT2D eigenvalue weighted by molar-refractivity contribution is 0.0716. The Kier molecular flexibility index (Phi) is 3.68. The number of likely N-dealkylation sites (tertiary alicyclic amines) is 1. The molecule has 7 heteroatoms. The van der Waals surface area contributed by atoms with Crippen LogP contribution in [0.1, 0.15) is 23.3 Å². The number of H-pyrrole nitrogens is 1. The molecule has 0 saturated carbocycles. The maximum Gasteiger partial charge on any atom is 0.270 e. The molecule has 1 amide bonds. The zero-order valence-electron chi connectivity index (χ0n) is 13.5. The van der Waals surface area contributed by atoms with Gasteiger partial charge in [-0.2, -0.15) is 0 Å². The number of carbonyl (C=O) groups is 1. The fourth-order valence-electron chi connectivity index (χ4n) is 3.35. The molecule has 4 rings (SSSR count). The van der Waals surface area contributed by atoms with Gasteiger partial charge >= 0.3 is 0 Å². The highest BCUT2D eigenvalue weighted by Crippen LogP contribution is 2.25. The SMILES string of the molecule is COc1ccc2[nH]c(C(=O)N3CCC[C@H]3Cn3ccnn3)cc2c1. The van der Waals surface area contributed by atoms with Crippen LogP contribution in [0.3, 0.4) is 0 Å². The number of fused-ring (bicyclic) bond motifs is 1. The van der Waals surface area contributed by atoms with Crippen LogP contribution in [0.15, 0.2) is 36.7 Å². The molecule has 1 saturated heterocycles. The number of nitrogens with zero attached hydrogens (tertiary/aromatic N) is 4. The number of methoxy groups -OCH3 is 1. The van der Waals surface area contributed by atoms with Crippen LogP contribution in [0, 0.1) is 0 Å². The standard InChI is InChI=1S/C17H19N5O2/c1-24-14-4-5-15-12(9-14)10-16(19-15)17(23)22-7-2-3-13(22)11-21-8-6-18-20-21/h4-6,8-10,13,19H,2-3,7,11H2,1H3/t13-/m0/s1. The minimum absolute atomic E-state index is 0.0350. The van der Waals surface area contributed by atoms with E-state index in [0.717, 1.165) is 36.0 Å². The lowest BCUT2D eigenvalue weighted by Crippen LogP contribution is -2.38. The van der Waals surface area contributed by atoms with Crippen molar-refractivity contribution in [2.75, 3.05) is 13.7 Å². The quantitative estimate of drug-likeness (QED) is 0.797. The largest absolute Gasteiger partial charge is 0.497 e. The van der Waals surface area contributed by atoms with Gasteiger partial charge in [-0.1, -0.05) is 5.21 Å². The third-order valence-corrected chi connectivity index (χ3v) is 4.57. The third-order valence-electron chi connectivity index (χ3n) is 4.57. The van der Waals surface area contributed by atoms with Crippen molar-refractivity contribution in [3.05, 3.63) is 42.4 Å². The second-order valence-corrected chi connectivity index (χ2v) is 6.06. The molecule has 1 aliphatic heterocycles. The zero-order chi connectivity index (χ0) is 16.5. The number of nitrogens with one attached hydrogen (secondary N) is 1. The third kappa shape index (κ3) is 2.62. The average molecular weight is 325 g/mol. The van der Waals surface area contributed by atoms with E-state index >= 15 is 0 Å². The van der Waals surface area contributed by atoms with Crippen molar-refractivity contribution >= 4 is 16.8 Å². The Labute approximate surface area is 139 Å². The van der Waals surface area contributed by atoms with Gasteiger partial charge in [0.05, 0.1) is 25.9 Å².